The van der Waals surface area contributed by atoms with Gasteiger partial charge in [0.15, 0.2) is 5.65 Å². The van der Waals surface area contributed by atoms with Crippen LogP contribution in [0.15, 0.2) is 95.7 Å². The van der Waals surface area contributed by atoms with E-state index in [1.807, 2.05) is 30.3 Å². The number of sulfonamides is 2. The lowest BCUT2D eigenvalue weighted by molar-refractivity contribution is -0.384. The summed E-state index contributed by atoms with van der Waals surface area (Å²) in [5, 5.41) is 19.8. The number of carbonyl (C=O) groups excluding carboxylic acids is 1. The molecule has 2 fully saturated rings. The van der Waals surface area contributed by atoms with Crippen molar-refractivity contribution in [3.63, 3.8) is 0 Å². The van der Waals surface area contributed by atoms with Gasteiger partial charge in [-0.05, 0) is 90.4 Å². The van der Waals surface area contributed by atoms with E-state index in [1.54, 1.807) is 29.2 Å². The van der Waals surface area contributed by atoms with Crippen molar-refractivity contribution in [1.29, 1.82) is 0 Å². The maximum atomic E-state index is 14.2. The molecule has 1 atom stereocenters. The fraction of sp³-hybridized carbons (Fsp3) is 0.370. The van der Waals surface area contributed by atoms with Gasteiger partial charge in [-0.15, -0.1) is 0 Å². The number of rotatable bonds is 13. The summed E-state index contributed by atoms with van der Waals surface area (Å²) in [5.41, 5.74) is 6.67. The number of piperazine rings is 1. The number of hydrogen-bond donors (Lipinski definition) is 3. The first-order valence-electron chi connectivity index (χ1n) is 22.0. The van der Waals surface area contributed by atoms with Crippen LogP contribution >= 0.6 is 11.6 Å². The number of halogens is 1. The molecule has 3 N–H and O–H groups in total. The second-order valence-corrected chi connectivity index (χ2v) is 22.2. The number of nitrogens with zero attached hydrogens (tertiary/aromatic N) is 7. The minimum atomic E-state index is -4.66. The monoisotopic (exact) mass is 970 g/mol. The third kappa shape index (κ3) is 10.0. The smallest absolute Gasteiger partial charge is 0.293 e. The van der Waals surface area contributed by atoms with Gasteiger partial charge in [-0.2, -0.15) is 4.31 Å². The van der Waals surface area contributed by atoms with Crippen molar-refractivity contribution in [1.82, 2.24) is 33.7 Å². The van der Waals surface area contributed by atoms with Gasteiger partial charge in [0.25, 0.3) is 21.6 Å². The number of amides is 1. The molecule has 67 heavy (non-hydrogen) atoms. The van der Waals surface area contributed by atoms with Gasteiger partial charge in [-0.3, -0.25) is 29.6 Å². The number of nitrogens with one attached hydrogen (secondary N) is 3. The number of aromatic amines is 1. The average molecular weight is 972 g/mol. The first kappa shape index (κ1) is 46.2. The molecule has 3 aromatic carbocycles. The van der Waals surface area contributed by atoms with Crippen molar-refractivity contribution in [3.05, 3.63) is 117 Å². The highest BCUT2D eigenvalue weighted by Crippen LogP contribution is 2.43. The van der Waals surface area contributed by atoms with Gasteiger partial charge in [-0.25, -0.2) is 31.5 Å². The summed E-state index contributed by atoms with van der Waals surface area (Å²) in [6.07, 6.45) is 6.98. The maximum Gasteiger partial charge on any atom is 0.293 e. The van der Waals surface area contributed by atoms with Crippen molar-refractivity contribution in [2.75, 3.05) is 75.4 Å². The number of allylic oxidation sites excluding steroid dienone is 1. The standard InChI is InChI=1S/C46H51ClN10O8S2/c1-46(2)14-12-32(38(25-46)30-4-6-33(47)7-5-30)28-53-16-18-54(19-17-53)34-8-10-37(41(23-34)56-42-22-31-13-15-48-44(31)51-40(42)27-50-56)45(58)52-67(63,64)36-9-11-39(43(24-36)57(59)60)49-26-35-29-55(20-21-65-35)66(3,61)62/h4-11,13,15,22-24,27,35,49-50H,12,14,16-21,25-26,28-29H2,1-3H3,(H,52,58)/t35-/m1/s1. The molecule has 21 heteroatoms. The molecule has 352 valence electrons. The zero-order valence-corrected chi connectivity index (χ0v) is 39.6. The summed E-state index contributed by atoms with van der Waals surface area (Å²) in [6, 6.07) is 20.3. The fourth-order valence-electron chi connectivity index (χ4n) is 9.16. The number of ether oxygens (including phenoxy) is 1. The van der Waals surface area contributed by atoms with Gasteiger partial charge >= 0.3 is 0 Å². The number of nitro groups is 1. The Kier molecular flexibility index (Phi) is 12.6. The molecule has 0 bridgehead atoms. The van der Waals surface area contributed by atoms with Crippen LogP contribution in [0.1, 0.15) is 49.0 Å². The Morgan fingerprint density at radius 2 is 1.78 bits per heavy atom. The second kappa shape index (κ2) is 18.3. The highest BCUT2D eigenvalue weighted by atomic mass is 35.5. The van der Waals surface area contributed by atoms with E-state index >= 15 is 0 Å². The lowest BCUT2D eigenvalue weighted by atomic mass is 9.72. The number of pyridine rings is 1. The van der Waals surface area contributed by atoms with E-state index in [0.29, 0.717) is 35.5 Å². The molecule has 0 saturated carbocycles. The van der Waals surface area contributed by atoms with Gasteiger partial charge in [0.1, 0.15) is 11.2 Å². The fourth-order valence-corrected chi connectivity index (χ4v) is 11.1. The van der Waals surface area contributed by atoms with E-state index in [9.17, 15) is 31.7 Å². The summed E-state index contributed by atoms with van der Waals surface area (Å²) < 4.78 is 62.7. The number of fused-ring (bicyclic) bond motifs is 2. The molecule has 2 saturated heterocycles. The van der Waals surface area contributed by atoms with Crippen LogP contribution in [0.3, 0.4) is 0 Å². The van der Waals surface area contributed by atoms with Crippen LogP contribution in [0, 0.1) is 15.5 Å². The summed E-state index contributed by atoms with van der Waals surface area (Å²) in [6.45, 7) is 8.95. The van der Waals surface area contributed by atoms with Crippen LogP contribution < -0.4 is 14.9 Å². The zero-order chi connectivity index (χ0) is 47.3. The molecule has 9 rings (SSSR count). The molecule has 0 radical (unpaired) electrons. The predicted octanol–water partition coefficient (Wildman–Crippen LogP) is 6.44. The van der Waals surface area contributed by atoms with Gasteiger partial charge in [-0.1, -0.05) is 43.2 Å². The van der Waals surface area contributed by atoms with E-state index in [4.69, 9.17) is 16.3 Å². The highest BCUT2D eigenvalue weighted by Gasteiger charge is 2.32. The Hall–Kier alpha value is -5.90. The predicted molar refractivity (Wildman–Crippen MR) is 258 cm³/mol. The van der Waals surface area contributed by atoms with Crippen LogP contribution in [-0.2, 0) is 24.8 Å². The van der Waals surface area contributed by atoms with E-state index in [1.165, 1.54) is 27.1 Å². The van der Waals surface area contributed by atoms with Crippen LogP contribution in [-0.4, -0.2) is 128 Å². The lowest BCUT2D eigenvalue weighted by Crippen LogP contribution is -2.47. The van der Waals surface area contributed by atoms with Crippen LogP contribution in [0.2, 0.25) is 5.02 Å². The summed E-state index contributed by atoms with van der Waals surface area (Å²) in [4.78, 5) is 38.9. The van der Waals surface area contributed by atoms with Crippen LogP contribution in [0.25, 0.3) is 33.3 Å². The van der Waals surface area contributed by atoms with Crippen LogP contribution in [0.5, 0.6) is 0 Å². The largest absolute Gasteiger partial charge is 0.377 e. The molecule has 0 spiro atoms. The van der Waals surface area contributed by atoms with Crippen molar-refractivity contribution in [2.45, 2.75) is 44.1 Å². The molecule has 6 aromatic rings. The normalized spacial score (nSPS) is 18.7. The second-order valence-electron chi connectivity index (χ2n) is 18.1. The van der Waals surface area contributed by atoms with Gasteiger partial charge in [0, 0.05) is 86.9 Å². The topological polar surface area (TPSA) is 218 Å². The van der Waals surface area contributed by atoms with Crippen molar-refractivity contribution < 1.29 is 31.3 Å². The first-order chi connectivity index (χ1) is 31.9. The number of H-pyrrole nitrogens is 1. The molecule has 0 unspecified atom stereocenters. The summed E-state index contributed by atoms with van der Waals surface area (Å²) in [5.74, 6) is -0.958. The Morgan fingerprint density at radius 3 is 2.52 bits per heavy atom. The molecular weight excluding hydrogens is 920 g/mol. The number of benzene rings is 3. The minimum Gasteiger partial charge on any atom is -0.377 e. The molecule has 1 aliphatic carbocycles. The molecule has 5 heterocycles. The first-order valence-corrected chi connectivity index (χ1v) is 25.7. The van der Waals surface area contributed by atoms with Crippen molar-refractivity contribution in [2.24, 2.45) is 5.41 Å². The number of aromatic nitrogens is 4. The number of anilines is 2. The van der Waals surface area contributed by atoms with Gasteiger partial charge < -0.3 is 15.0 Å². The molecule has 3 aromatic heterocycles. The Labute approximate surface area is 393 Å². The third-order valence-corrected chi connectivity index (χ3v) is 15.7. The van der Waals surface area contributed by atoms with Crippen molar-refractivity contribution in [3.8, 4) is 5.69 Å². The van der Waals surface area contributed by atoms with Crippen molar-refractivity contribution >= 4 is 82.3 Å². The number of hydrogen-bond acceptors (Lipinski definition) is 13. The van der Waals surface area contributed by atoms with Gasteiger partial charge in [0.05, 0.1) is 45.6 Å². The minimum absolute atomic E-state index is 0.00960. The lowest BCUT2D eigenvalue weighted by Gasteiger charge is -2.39. The van der Waals surface area contributed by atoms with Gasteiger partial charge in [0.2, 0.25) is 10.0 Å². The van der Waals surface area contributed by atoms with E-state index < -0.39 is 47.6 Å². The molecular formula is C46H51ClN10O8S2. The van der Waals surface area contributed by atoms with E-state index in [0.717, 1.165) is 73.4 Å². The Balaban J connectivity index is 0.962. The van der Waals surface area contributed by atoms with E-state index in [2.05, 4.69) is 60.9 Å². The molecule has 3 aliphatic rings. The summed E-state index contributed by atoms with van der Waals surface area (Å²) >= 11 is 6.26. The van der Waals surface area contributed by atoms with Crippen LogP contribution in [0.4, 0.5) is 17.1 Å². The molecule has 1 amide bonds. The average Bonchev–Trinajstić information content (AvgIpc) is 3.94. The Morgan fingerprint density at radius 1 is 1.00 bits per heavy atom. The molecule has 2 aliphatic heterocycles. The van der Waals surface area contributed by atoms with E-state index in [-0.39, 0.29) is 42.9 Å². The number of nitro benzene ring substituents is 1. The molecule has 18 nitrogen and oxygen atoms in total. The maximum absolute atomic E-state index is 14.2. The number of morpholine rings is 1. The number of carbonyl (C=O) groups is 1. The third-order valence-electron chi connectivity index (χ3n) is 12.9. The quantitative estimate of drug-likeness (QED) is 0.0840. The highest BCUT2D eigenvalue weighted by molar-refractivity contribution is 7.90. The Bertz CT molecular complexity index is 3150. The SMILES string of the molecule is CC1(C)CCC(CN2CCN(c3ccc(C(=O)NS(=O)(=O)c4ccc(NC[C@@H]5CN(S(C)(=O)=O)CCO5)c([N+](=O)[O-])c4)c(-n4[nH]cc5nc6nccc6cc54)c3)CC2)=C(c2ccc(Cl)cc2)C1. The zero-order valence-electron chi connectivity index (χ0n) is 37.2. The summed E-state index contributed by atoms with van der Waals surface area (Å²) in [7, 11) is -8.14.